The van der Waals surface area contributed by atoms with Crippen LogP contribution in [0.15, 0.2) is 60.7 Å². The van der Waals surface area contributed by atoms with E-state index >= 15 is 0 Å². The molecule has 7 heteroatoms. The van der Waals surface area contributed by atoms with Crippen molar-refractivity contribution in [1.29, 1.82) is 0 Å². The molecule has 1 amide bonds. The molecule has 0 atom stereocenters. The molecule has 0 heterocycles. The second kappa shape index (κ2) is 11.5. The van der Waals surface area contributed by atoms with Crippen molar-refractivity contribution in [2.45, 2.75) is 0 Å². The van der Waals surface area contributed by atoms with E-state index in [1.165, 1.54) is 6.08 Å². The predicted molar refractivity (Wildman–Crippen MR) is 137 cm³/mol. The molecule has 3 rings (SSSR count). The van der Waals surface area contributed by atoms with Crippen LogP contribution < -0.4 is 30.0 Å². The maximum absolute atomic E-state index is 12.5. The van der Waals surface area contributed by atoms with Crippen molar-refractivity contribution in [1.82, 2.24) is 0 Å². The number of para-hydroxylation sites is 1. The lowest BCUT2D eigenvalue weighted by Gasteiger charge is -2.13. The number of nitrogens with two attached hydrogens (primary N) is 1. The minimum Gasteiger partial charge on any atom is -0.495 e. The molecule has 0 fully saturated rings. The quantitative estimate of drug-likeness (QED) is 0.261. The van der Waals surface area contributed by atoms with E-state index in [1.54, 1.807) is 46.6 Å². The van der Waals surface area contributed by atoms with Crippen LogP contribution in [0.2, 0.25) is 0 Å². The van der Waals surface area contributed by atoms with E-state index < -0.39 is 0 Å². The van der Waals surface area contributed by atoms with Crippen LogP contribution in [-0.4, -0.2) is 34.3 Å². The second-order valence-electron chi connectivity index (χ2n) is 7.20. The van der Waals surface area contributed by atoms with Crippen LogP contribution in [0.5, 0.6) is 23.0 Å². The number of hydrogen-bond donors (Lipinski definition) is 2. The molecule has 176 valence electrons. The molecule has 0 spiro atoms. The minimum absolute atomic E-state index is 0.261. The number of anilines is 2. The highest BCUT2D eigenvalue weighted by atomic mass is 16.5. The van der Waals surface area contributed by atoms with E-state index in [2.05, 4.69) is 5.32 Å². The molecule has 0 aliphatic carbocycles. The Bertz CT molecular complexity index is 1190. The monoisotopic (exact) mass is 460 g/mol. The standard InChI is InChI=1S/C27H28N2O5/c1-31-23-13-10-18(15-21(23)28)11-14-26(30)29-22-8-6-5-7-20(22)12-9-19-16-24(32-2)27(34-4)25(17-19)33-3/h5-17H,28H2,1-4H3,(H,29,30)/b12-9-,14-11-. The number of methoxy groups -OCH3 is 4. The zero-order valence-corrected chi connectivity index (χ0v) is 19.6. The molecule has 0 unspecified atom stereocenters. The zero-order chi connectivity index (χ0) is 24.5. The van der Waals surface area contributed by atoms with Gasteiger partial charge in [0.25, 0.3) is 0 Å². The van der Waals surface area contributed by atoms with Crippen LogP contribution in [0.4, 0.5) is 11.4 Å². The largest absolute Gasteiger partial charge is 0.495 e. The molecule has 0 aliphatic heterocycles. The number of benzene rings is 3. The fourth-order valence-electron chi connectivity index (χ4n) is 3.34. The number of hydrogen-bond acceptors (Lipinski definition) is 6. The molecule has 0 bridgehead atoms. The van der Waals surface area contributed by atoms with E-state index in [-0.39, 0.29) is 5.91 Å². The van der Waals surface area contributed by atoms with Crippen LogP contribution in [0, 0.1) is 0 Å². The molecular formula is C27H28N2O5. The first kappa shape index (κ1) is 24.3. The fraction of sp³-hybridized carbons (Fsp3) is 0.148. The molecule has 0 saturated heterocycles. The van der Waals surface area contributed by atoms with Gasteiger partial charge in [0.1, 0.15) is 5.75 Å². The van der Waals surface area contributed by atoms with Gasteiger partial charge in [0, 0.05) is 11.8 Å². The van der Waals surface area contributed by atoms with Gasteiger partial charge in [-0.2, -0.15) is 0 Å². The Morgan fingerprint density at radius 3 is 2.06 bits per heavy atom. The van der Waals surface area contributed by atoms with Gasteiger partial charge < -0.3 is 30.0 Å². The zero-order valence-electron chi connectivity index (χ0n) is 19.6. The van der Waals surface area contributed by atoms with E-state index in [9.17, 15) is 4.79 Å². The van der Waals surface area contributed by atoms with Gasteiger partial charge in [0.2, 0.25) is 11.7 Å². The summed E-state index contributed by atoms with van der Waals surface area (Å²) >= 11 is 0. The Kier molecular flexibility index (Phi) is 8.18. The predicted octanol–water partition coefficient (Wildman–Crippen LogP) is 5.13. The van der Waals surface area contributed by atoms with Crippen molar-refractivity contribution >= 4 is 35.5 Å². The number of nitrogens with one attached hydrogen (secondary N) is 1. The topological polar surface area (TPSA) is 92.0 Å². The Morgan fingerprint density at radius 2 is 1.44 bits per heavy atom. The third-order valence-corrected chi connectivity index (χ3v) is 5.04. The smallest absolute Gasteiger partial charge is 0.248 e. The third-order valence-electron chi connectivity index (χ3n) is 5.04. The SMILES string of the molecule is COc1ccc(/C=C\C(=O)Nc2ccccc2/C=C\c2cc(OC)c(OC)c(OC)c2)cc1N. The lowest BCUT2D eigenvalue weighted by atomic mass is 10.1. The Labute approximate surface area is 199 Å². The molecule has 7 nitrogen and oxygen atoms in total. The van der Waals surface area contributed by atoms with Crippen LogP contribution in [-0.2, 0) is 4.79 Å². The summed E-state index contributed by atoms with van der Waals surface area (Å²) < 4.78 is 21.4. The lowest BCUT2D eigenvalue weighted by Crippen LogP contribution is -2.08. The molecule has 0 saturated carbocycles. The van der Waals surface area contributed by atoms with Crippen molar-refractivity contribution in [2.75, 3.05) is 39.5 Å². The lowest BCUT2D eigenvalue weighted by molar-refractivity contribution is -0.111. The third kappa shape index (κ3) is 5.89. The molecule has 0 aromatic heterocycles. The van der Waals surface area contributed by atoms with Crippen LogP contribution in [0.3, 0.4) is 0 Å². The number of carbonyl (C=O) groups excluding carboxylic acids is 1. The number of rotatable bonds is 9. The molecule has 0 aliphatic rings. The summed E-state index contributed by atoms with van der Waals surface area (Å²) in [6.07, 6.45) is 6.97. The first-order valence-corrected chi connectivity index (χ1v) is 10.5. The van der Waals surface area contributed by atoms with E-state index in [0.29, 0.717) is 34.4 Å². The number of ether oxygens (including phenoxy) is 4. The molecule has 3 aromatic carbocycles. The highest BCUT2D eigenvalue weighted by Crippen LogP contribution is 2.38. The van der Waals surface area contributed by atoms with Gasteiger partial charge in [-0.1, -0.05) is 36.4 Å². The van der Waals surface area contributed by atoms with Gasteiger partial charge in [-0.25, -0.2) is 0 Å². The molecule has 34 heavy (non-hydrogen) atoms. The van der Waals surface area contributed by atoms with Crippen LogP contribution >= 0.6 is 0 Å². The summed E-state index contributed by atoms with van der Waals surface area (Å²) in [5.41, 5.74) is 9.60. The fourth-order valence-corrected chi connectivity index (χ4v) is 3.34. The van der Waals surface area contributed by atoms with Crippen molar-refractivity contribution in [3.05, 3.63) is 77.4 Å². The second-order valence-corrected chi connectivity index (χ2v) is 7.20. The summed E-state index contributed by atoms with van der Waals surface area (Å²) in [7, 11) is 6.27. The highest BCUT2D eigenvalue weighted by molar-refractivity contribution is 6.03. The van der Waals surface area contributed by atoms with E-state index in [4.69, 9.17) is 24.7 Å². The maximum Gasteiger partial charge on any atom is 0.248 e. The van der Waals surface area contributed by atoms with E-state index in [0.717, 1.165) is 16.7 Å². The molecule has 3 aromatic rings. The summed E-state index contributed by atoms with van der Waals surface area (Å²) in [6, 6.07) is 16.6. The van der Waals surface area contributed by atoms with Crippen molar-refractivity contribution in [2.24, 2.45) is 0 Å². The summed E-state index contributed by atoms with van der Waals surface area (Å²) in [5.74, 6) is 1.98. The van der Waals surface area contributed by atoms with Gasteiger partial charge in [-0.3, -0.25) is 4.79 Å². The minimum atomic E-state index is -0.261. The molecule has 0 radical (unpaired) electrons. The van der Waals surface area contributed by atoms with Crippen molar-refractivity contribution in [3.8, 4) is 23.0 Å². The van der Waals surface area contributed by atoms with Gasteiger partial charge >= 0.3 is 0 Å². The maximum atomic E-state index is 12.5. The summed E-state index contributed by atoms with van der Waals surface area (Å²) in [4.78, 5) is 12.5. The van der Waals surface area contributed by atoms with Gasteiger partial charge in [0.05, 0.1) is 34.1 Å². The Hall–Kier alpha value is -4.39. The Balaban J connectivity index is 1.78. The molecular weight excluding hydrogens is 432 g/mol. The average Bonchev–Trinajstić information content (AvgIpc) is 2.86. The van der Waals surface area contributed by atoms with Gasteiger partial charge in [0.15, 0.2) is 11.5 Å². The van der Waals surface area contributed by atoms with Crippen molar-refractivity contribution in [3.63, 3.8) is 0 Å². The summed E-state index contributed by atoms with van der Waals surface area (Å²) in [6.45, 7) is 0. The summed E-state index contributed by atoms with van der Waals surface area (Å²) in [5, 5.41) is 2.92. The Morgan fingerprint density at radius 1 is 0.765 bits per heavy atom. The molecule has 3 N–H and O–H groups in total. The normalized spacial score (nSPS) is 10.9. The first-order valence-electron chi connectivity index (χ1n) is 10.5. The van der Waals surface area contributed by atoms with Gasteiger partial charge in [-0.15, -0.1) is 0 Å². The van der Waals surface area contributed by atoms with Crippen LogP contribution in [0.1, 0.15) is 16.7 Å². The van der Waals surface area contributed by atoms with E-state index in [1.807, 2.05) is 54.6 Å². The number of nitrogen functional groups attached to an aromatic ring is 1. The van der Waals surface area contributed by atoms with Gasteiger partial charge in [-0.05, 0) is 53.1 Å². The highest BCUT2D eigenvalue weighted by Gasteiger charge is 2.12. The number of amides is 1. The first-order chi connectivity index (χ1) is 16.5. The average molecular weight is 461 g/mol. The van der Waals surface area contributed by atoms with Crippen LogP contribution in [0.25, 0.3) is 18.2 Å². The number of carbonyl (C=O) groups is 1. The van der Waals surface area contributed by atoms with Crippen molar-refractivity contribution < 1.29 is 23.7 Å².